The Balaban J connectivity index is 1.88. The Morgan fingerprint density at radius 2 is 1.76 bits per heavy atom. The first-order valence-electron chi connectivity index (χ1n) is 11.2. The van der Waals surface area contributed by atoms with E-state index < -0.39 is 5.97 Å². The summed E-state index contributed by atoms with van der Waals surface area (Å²) in [5.74, 6) is -1.22. The Labute approximate surface area is 196 Å². The number of unbranched alkanes of at least 4 members (excludes halogenated alkanes) is 3. The van der Waals surface area contributed by atoms with Crippen LogP contribution in [0.15, 0.2) is 63.8 Å². The van der Waals surface area contributed by atoms with Gasteiger partial charge in [-0.25, -0.2) is 4.79 Å². The number of fused-ring (bicyclic) bond motifs is 2. The molecular formula is C27H25NO6. The molecule has 2 aliphatic rings. The van der Waals surface area contributed by atoms with Gasteiger partial charge in [-0.15, -0.1) is 0 Å². The topological polar surface area (TPSA) is 117 Å². The van der Waals surface area contributed by atoms with E-state index in [4.69, 9.17) is 4.42 Å². The highest BCUT2D eigenvalue weighted by atomic mass is 16.4. The maximum Gasteiger partial charge on any atom is 0.336 e. The van der Waals surface area contributed by atoms with Crippen molar-refractivity contribution < 1.29 is 24.2 Å². The maximum atomic E-state index is 12.8. The van der Waals surface area contributed by atoms with Gasteiger partial charge in [0, 0.05) is 40.8 Å². The van der Waals surface area contributed by atoms with Crippen LogP contribution in [0.2, 0.25) is 0 Å². The smallest absolute Gasteiger partial charge is 0.336 e. The summed E-state index contributed by atoms with van der Waals surface area (Å²) in [6.07, 6.45) is 4.11. The zero-order chi connectivity index (χ0) is 24.2. The molecule has 0 fully saturated rings. The molecule has 1 heterocycles. The molecule has 0 saturated carbocycles. The number of aromatic carboxylic acids is 1. The van der Waals surface area contributed by atoms with E-state index in [1.807, 2.05) is 0 Å². The molecule has 0 aromatic heterocycles. The molecule has 0 unspecified atom stereocenters. The Morgan fingerprint density at radius 1 is 0.941 bits per heavy atom. The van der Waals surface area contributed by atoms with Crippen LogP contribution in [0.5, 0.6) is 5.75 Å². The number of hydrogen-bond acceptors (Lipinski definition) is 5. The minimum Gasteiger partial charge on any atom is -0.508 e. The molecule has 1 amide bonds. The molecule has 3 N–H and O–H groups in total. The number of amides is 1. The van der Waals surface area contributed by atoms with Crippen LogP contribution in [0.3, 0.4) is 0 Å². The zero-order valence-electron chi connectivity index (χ0n) is 18.8. The van der Waals surface area contributed by atoms with Gasteiger partial charge in [-0.2, -0.15) is 0 Å². The van der Waals surface area contributed by atoms with Crippen LogP contribution in [0.4, 0.5) is 0 Å². The van der Waals surface area contributed by atoms with Crippen molar-refractivity contribution in [1.82, 2.24) is 5.32 Å². The SMILES string of the molecule is CCCCCCNC(=O)c1ccc(C(=O)O)c(-c2c3ccc(=O)cc-3oc3cc(O)ccc23)c1. The summed E-state index contributed by atoms with van der Waals surface area (Å²) in [4.78, 5) is 36.9. The first-order chi connectivity index (χ1) is 16.4. The van der Waals surface area contributed by atoms with Crippen molar-refractivity contribution in [1.29, 1.82) is 0 Å². The molecule has 4 rings (SSSR count). The fourth-order valence-electron chi connectivity index (χ4n) is 4.08. The summed E-state index contributed by atoms with van der Waals surface area (Å²) in [6, 6.07) is 13.2. The first kappa shape index (κ1) is 23.0. The highest BCUT2D eigenvalue weighted by molar-refractivity contribution is 6.09. The lowest BCUT2D eigenvalue weighted by atomic mass is 9.89. The summed E-state index contributed by atoms with van der Waals surface area (Å²) >= 11 is 0. The molecule has 2 aromatic rings. The lowest BCUT2D eigenvalue weighted by Crippen LogP contribution is -2.24. The van der Waals surface area contributed by atoms with Crippen molar-refractivity contribution in [2.45, 2.75) is 32.6 Å². The fraction of sp³-hybridized carbons (Fsp3) is 0.222. The highest BCUT2D eigenvalue weighted by Crippen LogP contribution is 2.42. The Morgan fingerprint density at radius 3 is 2.53 bits per heavy atom. The van der Waals surface area contributed by atoms with Crippen molar-refractivity contribution in [3.63, 3.8) is 0 Å². The van der Waals surface area contributed by atoms with Gasteiger partial charge >= 0.3 is 5.97 Å². The fourth-order valence-corrected chi connectivity index (χ4v) is 4.08. The third kappa shape index (κ3) is 4.64. The van der Waals surface area contributed by atoms with Crippen LogP contribution in [0.1, 0.15) is 53.3 Å². The lowest BCUT2D eigenvalue weighted by molar-refractivity contribution is 0.0697. The van der Waals surface area contributed by atoms with E-state index in [0.29, 0.717) is 34.2 Å². The Bertz CT molecular complexity index is 1400. The number of carbonyl (C=O) groups excluding carboxylic acids is 1. The van der Waals surface area contributed by atoms with Gasteiger partial charge < -0.3 is 19.9 Å². The van der Waals surface area contributed by atoms with E-state index in [-0.39, 0.29) is 34.0 Å². The van der Waals surface area contributed by atoms with Crippen molar-refractivity contribution in [2.75, 3.05) is 6.54 Å². The summed E-state index contributed by atoms with van der Waals surface area (Å²) < 4.78 is 5.85. The van der Waals surface area contributed by atoms with Crippen molar-refractivity contribution >= 4 is 22.8 Å². The predicted octanol–water partition coefficient (Wildman–Crippen LogP) is 5.28. The molecule has 174 valence electrons. The number of hydrogen-bond donors (Lipinski definition) is 3. The van der Waals surface area contributed by atoms with Crippen LogP contribution < -0.4 is 10.7 Å². The Hall–Kier alpha value is -4.13. The van der Waals surface area contributed by atoms with Gasteiger partial charge in [-0.3, -0.25) is 9.59 Å². The molecular weight excluding hydrogens is 434 g/mol. The number of phenols is 1. The second-order valence-electron chi connectivity index (χ2n) is 8.20. The lowest BCUT2D eigenvalue weighted by Gasteiger charge is -2.17. The zero-order valence-corrected chi connectivity index (χ0v) is 18.8. The number of rotatable bonds is 8. The predicted molar refractivity (Wildman–Crippen MR) is 130 cm³/mol. The minimum absolute atomic E-state index is 0.00701. The van der Waals surface area contributed by atoms with Crippen LogP contribution in [0.25, 0.3) is 33.4 Å². The van der Waals surface area contributed by atoms with Gasteiger partial charge in [0.15, 0.2) is 5.43 Å². The quantitative estimate of drug-likeness (QED) is 0.244. The molecule has 1 aliphatic carbocycles. The number of aromatic hydroxyl groups is 1. The summed E-state index contributed by atoms with van der Waals surface area (Å²) in [5.41, 5.74) is 1.71. The van der Waals surface area contributed by atoms with Gasteiger partial charge in [0.2, 0.25) is 0 Å². The summed E-state index contributed by atoms with van der Waals surface area (Å²) in [7, 11) is 0. The molecule has 7 heteroatoms. The van der Waals surface area contributed by atoms with Gasteiger partial charge in [-0.05, 0) is 54.4 Å². The molecule has 2 aromatic carbocycles. The number of nitrogens with one attached hydrogen (secondary N) is 1. The molecule has 34 heavy (non-hydrogen) atoms. The first-order valence-corrected chi connectivity index (χ1v) is 11.2. The molecule has 0 saturated heterocycles. The normalized spacial score (nSPS) is 11.1. The summed E-state index contributed by atoms with van der Waals surface area (Å²) in [6.45, 7) is 2.66. The van der Waals surface area contributed by atoms with Crippen molar-refractivity contribution in [3.05, 3.63) is 75.9 Å². The third-order valence-corrected chi connectivity index (χ3v) is 5.77. The number of carboxylic acids is 1. The number of phenolic OH excluding ortho intramolecular Hbond substituents is 1. The standard InChI is InChI=1S/C27H25NO6/c1-2-3-4-5-12-28-26(31)16-6-9-19(27(32)33)22(13-16)25-20-10-7-17(29)14-23(20)34-24-15-18(30)8-11-21(24)25/h6-11,13-15,29H,2-5,12H2,1H3,(H,28,31)(H,32,33). The molecule has 0 spiro atoms. The molecule has 7 nitrogen and oxygen atoms in total. The van der Waals surface area contributed by atoms with Crippen LogP contribution >= 0.6 is 0 Å². The van der Waals surface area contributed by atoms with Crippen molar-refractivity contribution in [3.8, 4) is 28.2 Å². The van der Waals surface area contributed by atoms with Gasteiger partial charge in [0.1, 0.15) is 17.1 Å². The van der Waals surface area contributed by atoms with E-state index in [0.717, 1.165) is 25.7 Å². The van der Waals surface area contributed by atoms with E-state index in [1.54, 1.807) is 18.2 Å². The Kier molecular flexibility index (Phi) is 6.63. The van der Waals surface area contributed by atoms with Gasteiger partial charge in [-0.1, -0.05) is 26.2 Å². The van der Waals surface area contributed by atoms with Gasteiger partial charge in [0.05, 0.1) is 5.56 Å². The van der Waals surface area contributed by atoms with Crippen LogP contribution in [0, 0.1) is 0 Å². The average Bonchev–Trinajstić information content (AvgIpc) is 2.81. The highest BCUT2D eigenvalue weighted by Gasteiger charge is 2.23. The molecule has 0 radical (unpaired) electrons. The number of carboxylic acid groups (broad SMARTS) is 1. The van der Waals surface area contributed by atoms with E-state index >= 15 is 0 Å². The van der Waals surface area contributed by atoms with Crippen LogP contribution in [-0.2, 0) is 0 Å². The van der Waals surface area contributed by atoms with Crippen LogP contribution in [-0.4, -0.2) is 28.6 Å². The van der Waals surface area contributed by atoms with Crippen molar-refractivity contribution in [2.24, 2.45) is 0 Å². The van der Waals surface area contributed by atoms with E-state index in [9.17, 15) is 24.6 Å². The maximum absolute atomic E-state index is 12.8. The monoisotopic (exact) mass is 459 g/mol. The molecule has 0 bridgehead atoms. The molecule has 0 atom stereocenters. The summed E-state index contributed by atoms with van der Waals surface area (Å²) in [5, 5.41) is 23.3. The average molecular weight is 459 g/mol. The van der Waals surface area contributed by atoms with Gasteiger partial charge in [0.25, 0.3) is 5.91 Å². The minimum atomic E-state index is -1.15. The second kappa shape index (κ2) is 9.79. The van der Waals surface area contributed by atoms with E-state index in [1.165, 1.54) is 36.4 Å². The number of benzene rings is 3. The third-order valence-electron chi connectivity index (χ3n) is 5.77. The number of carbonyl (C=O) groups is 2. The largest absolute Gasteiger partial charge is 0.508 e. The van der Waals surface area contributed by atoms with E-state index in [2.05, 4.69) is 12.2 Å². The molecule has 1 aliphatic heterocycles. The second-order valence-corrected chi connectivity index (χ2v) is 8.20.